The molecule has 0 saturated carbocycles. The maximum Gasteiger partial charge on any atom is 0.358 e. The molecule has 6 heteroatoms. The first-order chi connectivity index (χ1) is 10.0. The third kappa shape index (κ3) is 3.34. The Hall–Kier alpha value is -2.50. The number of halogens is 1. The zero-order valence-corrected chi connectivity index (χ0v) is 12.1. The van der Waals surface area contributed by atoms with Crippen LogP contribution in [0.3, 0.4) is 0 Å². The summed E-state index contributed by atoms with van der Waals surface area (Å²) in [7, 11) is 3.15. The molecule has 0 amide bonds. The highest BCUT2D eigenvalue weighted by Crippen LogP contribution is 2.23. The SMILES string of the molecule is COC(=O)c1ccc(N(C)C(C)c2ccc(F)cc2)nn1. The van der Waals surface area contributed by atoms with Crippen molar-refractivity contribution < 1.29 is 13.9 Å². The number of hydrogen-bond donors (Lipinski definition) is 0. The molecule has 1 atom stereocenters. The van der Waals surface area contributed by atoms with E-state index >= 15 is 0 Å². The van der Waals surface area contributed by atoms with Crippen molar-refractivity contribution >= 4 is 11.8 Å². The molecule has 2 aromatic rings. The molecule has 0 spiro atoms. The fourth-order valence-corrected chi connectivity index (χ4v) is 1.89. The third-order valence-corrected chi connectivity index (χ3v) is 3.34. The zero-order chi connectivity index (χ0) is 15.4. The van der Waals surface area contributed by atoms with Crippen LogP contribution in [0, 0.1) is 5.82 Å². The lowest BCUT2D eigenvalue weighted by Gasteiger charge is -2.25. The number of esters is 1. The molecule has 110 valence electrons. The smallest absolute Gasteiger partial charge is 0.358 e. The Morgan fingerprint density at radius 3 is 2.38 bits per heavy atom. The van der Waals surface area contributed by atoms with Gasteiger partial charge < -0.3 is 9.64 Å². The Bertz CT molecular complexity index is 614. The molecule has 1 unspecified atom stereocenters. The third-order valence-electron chi connectivity index (χ3n) is 3.34. The van der Waals surface area contributed by atoms with Gasteiger partial charge in [0.2, 0.25) is 0 Å². The lowest BCUT2D eigenvalue weighted by atomic mass is 10.1. The molecule has 0 fully saturated rings. The number of carbonyl (C=O) groups is 1. The maximum atomic E-state index is 12.9. The van der Waals surface area contributed by atoms with E-state index in [1.807, 2.05) is 18.9 Å². The second-order valence-corrected chi connectivity index (χ2v) is 4.61. The second kappa shape index (κ2) is 6.30. The summed E-state index contributed by atoms with van der Waals surface area (Å²) in [5.41, 5.74) is 1.11. The van der Waals surface area contributed by atoms with Crippen LogP contribution >= 0.6 is 0 Å². The predicted molar refractivity (Wildman–Crippen MR) is 76.6 cm³/mol. The Morgan fingerprint density at radius 2 is 1.86 bits per heavy atom. The number of hydrogen-bond acceptors (Lipinski definition) is 5. The van der Waals surface area contributed by atoms with Crippen LogP contribution in [0.5, 0.6) is 0 Å². The van der Waals surface area contributed by atoms with Gasteiger partial charge in [-0.1, -0.05) is 12.1 Å². The number of aromatic nitrogens is 2. The van der Waals surface area contributed by atoms with E-state index in [2.05, 4.69) is 14.9 Å². The van der Waals surface area contributed by atoms with Gasteiger partial charge >= 0.3 is 5.97 Å². The molecule has 0 saturated heterocycles. The van der Waals surface area contributed by atoms with Crippen LogP contribution in [-0.2, 0) is 4.74 Å². The molecule has 0 aliphatic carbocycles. The summed E-state index contributed by atoms with van der Waals surface area (Å²) in [4.78, 5) is 13.2. The van der Waals surface area contributed by atoms with Crippen LogP contribution in [0.2, 0.25) is 0 Å². The quantitative estimate of drug-likeness (QED) is 0.810. The van der Waals surface area contributed by atoms with Crippen molar-refractivity contribution in [3.63, 3.8) is 0 Å². The van der Waals surface area contributed by atoms with Crippen LogP contribution in [0.25, 0.3) is 0 Å². The van der Waals surface area contributed by atoms with Crippen LogP contribution < -0.4 is 4.90 Å². The van der Waals surface area contributed by atoms with E-state index in [1.54, 1.807) is 24.3 Å². The van der Waals surface area contributed by atoms with Gasteiger partial charge in [-0.05, 0) is 36.8 Å². The molecular weight excluding hydrogens is 273 g/mol. The van der Waals surface area contributed by atoms with Gasteiger partial charge in [0.1, 0.15) is 5.82 Å². The van der Waals surface area contributed by atoms with Gasteiger partial charge in [0.15, 0.2) is 11.5 Å². The summed E-state index contributed by atoms with van der Waals surface area (Å²) in [5, 5.41) is 7.85. The second-order valence-electron chi connectivity index (χ2n) is 4.61. The van der Waals surface area contributed by atoms with Crippen molar-refractivity contribution in [3.8, 4) is 0 Å². The standard InChI is InChI=1S/C15H16FN3O2/c1-10(11-4-6-12(16)7-5-11)19(2)14-9-8-13(17-18-14)15(20)21-3/h4-10H,1-3H3. The first-order valence-corrected chi connectivity index (χ1v) is 6.43. The van der Waals surface area contributed by atoms with Crippen LogP contribution in [-0.4, -0.2) is 30.3 Å². The lowest BCUT2D eigenvalue weighted by Crippen LogP contribution is -2.23. The van der Waals surface area contributed by atoms with Gasteiger partial charge in [0.25, 0.3) is 0 Å². The molecule has 1 heterocycles. The van der Waals surface area contributed by atoms with Crippen molar-refractivity contribution in [1.82, 2.24) is 10.2 Å². The van der Waals surface area contributed by atoms with Crippen LogP contribution in [0.1, 0.15) is 29.0 Å². The summed E-state index contributed by atoms with van der Waals surface area (Å²) >= 11 is 0. The molecule has 0 aliphatic heterocycles. The Labute approximate surface area is 122 Å². The van der Waals surface area contributed by atoms with E-state index in [0.717, 1.165) is 5.56 Å². The van der Waals surface area contributed by atoms with Crippen LogP contribution in [0.4, 0.5) is 10.2 Å². The van der Waals surface area contributed by atoms with E-state index in [0.29, 0.717) is 5.82 Å². The summed E-state index contributed by atoms with van der Waals surface area (Å²) in [6.45, 7) is 1.98. The minimum absolute atomic E-state index is 0.0103. The molecule has 1 aromatic carbocycles. The molecule has 2 rings (SSSR count). The first kappa shape index (κ1) is 14.9. The van der Waals surface area contributed by atoms with E-state index < -0.39 is 5.97 Å². The number of rotatable bonds is 4. The predicted octanol–water partition coefficient (Wildman–Crippen LogP) is 2.60. The van der Waals surface area contributed by atoms with Crippen LogP contribution in [0.15, 0.2) is 36.4 Å². The number of carbonyl (C=O) groups excluding carboxylic acids is 1. The average Bonchev–Trinajstić information content (AvgIpc) is 2.53. The number of anilines is 1. The monoisotopic (exact) mass is 289 g/mol. The van der Waals surface area contributed by atoms with Crippen molar-refractivity contribution in [2.75, 3.05) is 19.1 Å². The van der Waals surface area contributed by atoms with Gasteiger partial charge in [-0.2, -0.15) is 0 Å². The fraction of sp³-hybridized carbons (Fsp3) is 0.267. The summed E-state index contributed by atoms with van der Waals surface area (Å²) in [6, 6.07) is 9.54. The Balaban J connectivity index is 2.17. The van der Waals surface area contributed by atoms with Gasteiger partial charge in [0, 0.05) is 7.05 Å². The summed E-state index contributed by atoms with van der Waals surface area (Å²) in [5.74, 6) is -0.182. The van der Waals surface area contributed by atoms with Crippen molar-refractivity contribution in [3.05, 3.63) is 53.5 Å². The zero-order valence-electron chi connectivity index (χ0n) is 12.1. The summed E-state index contributed by atoms with van der Waals surface area (Å²) in [6.07, 6.45) is 0. The average molecular weight is 289 g/mol. The highest BCUT2D eigenvalue weighted by molar-refractivity contribution is 5.86. The van der Waals surface area contributed by atoms with Crippen molar-refractivity contribution in [1.29, 1.82) is 0 Å². The van der Waals surface area contributed by atoms with E-state index in [9.17, 15) is 9.18 Å². The minimum Gasteiger partial charge on any atom is -0.464 e. The first-order valence-electron chi connectivity index (χ1n) is 6.43. The van der Waals surface area contributed by atoms with E-state index in [-0.39, 0.29) is 17.6 Å². The molecule has 0 aliphatic rings. The van der Waals surface area contributed by atoms with Gasteiger partial charge in [-0.15, -0.1) is 10.2 Å². The molecular formula is C15H16FN3O2. The number of benzene rings is 1. The van der Waals surface area contributed by atoms with Gasteiger partial charge in [-0.3, -0.25) is 0 Å². The highest BCUT2D eigenvalue weighted by atomic mass is 19.1. The van der Waals surface area contributed by atoms with E-state index in [1.165, 1.54) is 19.2 Å². The number of methoxy groups -OCH3 is 1. The summed E-state index contributed by atoms with van der Waals surface area (Å²) < 4.78 is 17.5. The van der Waals surface area contributed by atoms with Gasteiger partial charge in [0.05, 0.1) is 13.2 Å². The fourth-order valence-electron chi connectivity index (χ4n) is 1.89. The normalized spacial score (nSPS) is 11.8. The van der Waals surface area contributed by atoms with Gasteiger partial charge in [-0.25, -0.2) is 9.18 Å². The number of ether oxygens (including phenoxy) is 1. The topological polar surface area (TPSA) is 55.3 Å². The van der Waals surface area contributed by atoms with Crippen molar-refractivity contribution in [2.24, 2.45) is 0 Å². The Kier molecular flexibility index (Phi) is 4.47. The molecule has 0 bridgehead atoms. The maximum absolute atomic E-state index is 12.9. The number of nitrogens with zero attached hydrogens (tertiary/aromatic N) is 3. The lowest BCUT2D eigenvalue weighted by molar-refractivity contribution is 0.0592. The highest BCUT2D eigenvalue weighted by Gasteiger charge is 2.15. The molecule has 0 radical (unpaired) electrons. The minimum atomic E-state index is -0.525. The molecule has 21 heavy (non-hydrogen) atoms. The Morgan fingerprint density at radius 1 is 1.19 bits per heavy atom. The largest absolute Gasteiger partial charge is 0.464 e. The molecule has 1 aromatic heterocycles. The molecule has 5 nitrogen and oxygen atoms in total. The van der Waals surface area contributed by atoms with E-state index in [4.69, 9.17) is 0 Å². The molecule has 0 N–H and O–H groups in total. The van der Waals surface area contributed by atoms with Crippen molar-refractivity contribution in [2.45, 2.75) is 13.0 Å².